The van der Waals surface area contributed by atoms with E-state index in [0.717, 1.165) is 12.8 Å². The Morgan fingerprint density at radius 1 is 1.25 bits per heavy atom. The van der Waals surface area contributed by atoms with Crippen LogP contribution in [0, 0.1) is 19.8 Å². The molecule has 0 amide bonds. The Kier molecular flexibility index (Phi) is 4.01. The quantitative estimate of drug-likeness (QED) is 0.844. The van der Waals surface area contributed by atoms with E-state index in [4.69, 9.17) is 4.42 Å². The first-order valence-electron chi connectivity index (χ1n) is 6.96. The van der Waals surface area contributed by atoms with Crippen molar-refractivity contribution in [3.63, 3.8) is 0 Å². The van der Waals surface area contributed by atoms with Crippen LogP contribution in [0.4, 0.5) is 0 Å². The largest absolute Gasteiger partial charge is 0.465 e. The van der Waals surface area contributed by atoms with Crippen molar-refractivity contribution < 1.29 is 12.8 Å². The van der Waals surface area contributed by atoms with E-state index in [9.17, 15) is 8.42 Å². The molecule has 6 heteroatoms. The second-order valence-electron chi connectivity index (χ2n) is 6.15. The predicted molar refractivity (Wildman–Crippen MR) is 78.1 cm³/mol. The van der Waals surface area contributed by atoms with Crippen LogP contribution in [0.15, 0.2) is 9.31 Å². The van der Waals surface area contributed by atoms with Gasteiger partial charge in [0.25, 0.3) is 0 Å². The number of hydrogen-bond acceptors (Lipinski definition) is 4. The van der Waals surface area contributed by atoms with Crippen LogP contribution in [0.3, 0.4) is 0 Å². The number of furan rings is 1. The fourth-order valence-corrected chi connectivity index (χ4v) is 4.65. The summed E-state index contributed by atoms with van der Waals surface area (Å²) in [7, 11) is -1.78. The van der Waals surface area contributed by atoms with Crippen LogP contribution >= 0.6 is 0 Å². The molecule has 1 saturated carbocycles. The molecular weight excluding hydrogens is 276 g/mol. The first-order chi connectivity index (χ1) is 9.19. The maximum Gasteiger partial charge on any atom is 0.244 e. The summed E-state index contributed by atoms with van der Waals surface area (Å²) in [5.41, 5.74) is 0.303. The first-order valence-corrected chi connectivity index (χ1v) is 8.45. The minimum absolute atomic E-state index is 0.290. The first kappa shape index (κ1) is 15.5. The van der Waals surface area contributed by atoms with Crippen molar-refractivity contribution in [3.05, 3.63) is 17.1 Å². The highest BCUT2D eigenvalue weighted by Crippen LogP contribution is 2.40. The summed E-state index contributed by atoms with van der Waals surface area (Å²) in [6, 6.07) is 0. The average molecular weight is 300 g/mol. The Labute approximate surface area is 121 Å². The summed E-state index contributed by atoms with van der Waals surface area (Å²) >= 11 is 0. The third-order valence-corrected chi connectivity index (χ3v) is 5.81. The van der Waals surface area contributed by atoms with Crippen LogP contribution in [0.1, 0.15) is 43.8 Å². The molecule has 0 unspecified atom stereocenters. The molecule has 0 saturated heterocycles. The van der Waals surface area contributed by atoms with Crippen molar-refractivity contribution >= 4 is 10.0 Å². The smallest absolute Gasteiger partial charge is 0.244 e. The van der Waals surface area contributed by atoms with Crippen molar-refractivity contribution in [2.75, 3.05) is 7.05 Å². The number of nitrogens with one attached hydrogen (secondary N) is 2. The molecule has 5 nitrogen and oxygen atoms in total. The van der Waals surface area contributed by atoms with Gasteiger partial charge in [-0.05, 0) is 53.5 Å². The van der Waals surface area contributed by atoms with Crippen molar-refractivity contribution in [3.8, 4) is 0 Å². The number of hydrogen-bond donors (Lipinski definition) is 2. The molecule has 0 spiro atoms. The van der Waals surface area contributed by atoms with Gasteiger partial charge in [-0.15, -0.1) is 0 Å². The maximum absolute atomic E-state index is 12.7. The SMILES string of the molecule is CNCc1c(C)oc(C)c1S(=O)(=O)NC(C)(C)C1CC1. The van der Waals surface area contributed by atoms with Gasteiger partial charge in [-0.1, -0.05) is 0 Å². The van der Waals surface area contributed by atoms with Gasteiger partial charge in [-0.3, -0.25) is 0 Å². The summed E-state index contributed by atoms with van der Waals surface area (Å²) in [4.78, 5) is 0.290. The molecule has 1 aliphatic rings. The van der Waals surface area contributed by atoms with Crippen LogP contribution in [-0.2, 0) is 16.6 Å². The monoisotopic (exact) mass is 300 g/mol. The third kappa shape index (κ3) is 2.92. The molecule has 0 atom stereocenters. The lowest BCUT2D eigenvalue weighted by molar-refractivity contribution is 0.399. The number of aryl methyl sites for hydroxylation is 2. The van der Waals surface area contributed by atoms with Crippen LogP contribution < -0.4 is 10.0 Å². The minimum Gasteiger partial charge on any atom is -0.465 e. The lowest BCUT2D eigenvalue weighted by Gasteiger charge is -2.26. The molecule has 1 aromatic heterocycles. The van der Waals surface area contributed by atoms with E-state index in [1.54, 1.807) is 20.9 Å². The second-order valence-corrected chi connectivity index (χ2v) is 7.77. The molecule has 2 N–H and O–H groups in total. The van der Waals surface area contributed by atoms with Gasteiger partial charge < -0.3 is 9.73 Å². The zero-order valence-corrected chi connectivity index (χ0v) is 13.6. The lowest BCUT2D eigenvalue weighted by Crippen LogP contribution is -2.45. The fourth-order valence-electron chi connectivity index (χ4n) is 2.73. The Morgan fingerprint density at radius 2 is 1.85 bits per heavy atom. The van der Waals surface area contributed by atoms with Gasteiger partial charge in [-0.25, -0.2) is 13.1 Å². The molecule has 0 bridgehead atoms. The zero-order valence-electron chi connectivity index (χ0n) is 12.8. The molecule has 1 fully saturated rings. The van der Waals surface area contributed by atoms with Crippen molar-refractivity contribution in [1.82, 2.24) is 10.0 Å². The Hall–Kier alpha value is -0.850. The molecular formula is C14H24N2O3S. The van der Waals surface area contributed by atoms with Crippen LogP contribution in [0.25, 0.3) is 0 Å². The highest BCUT2D eigenvalue weighted by atomic mass is 32.2. The molecule has 114 valence electrons. The standard InChI is InChI=1S/C14H24N2O3S/c1-9-12(8-15-5)13(10(2)19-9)20(17,18)16-14(3,4)11-6-7-11/h11,15-16H,6-8H2,1-5H3. The van der Waals surface area contributed by atoms with Crippen LogP contribution in [-0.4, -0.2) is 21.0 Å². The Morgan fingerprint density at radius 3 is 2.35 bits per heavy atom. The fraction of sp³-hybridized carbons (Fsp3) is 0.714. The third-order valence-electron chi connectivity index (χ3n) is 3.94. The van der Waals surface area contributed by atoms with Crippen molar-refractivity contribution in [1.29, 1.82) is 0 Å². The van der Waals surface area contributed by atoms with Gasteiger partial charge in [0.2, 0.25) is 10.0 Å². The van der Waals surface area contributed by atoms with Crippen molar-refractivity contribution in [2.24, 2.45) is 5.92 Å². The second kappa shape index (κ2) is 5.16. The molecule has 0 radical (unpaired) electrons. The maximum atomic E-state index is 12.7. The molecule has 1 aromatic rings. The van der Waals surface area contributed by atoms with E-state index in [2.05, 4.69) is 10.0 Å². The van der Waals surface area contributed by atoms with Crippen molar-refractivity contribution in [2.45, 2.75) is 57.5 Å². The normalized spacial score (nSPS) is 16.6. The predicted octanol–water partition coefficient (Wildman–Crippen LogP) is 2.08. The molecule has 2 rings (SSSR count). The van der Waals surface area contributed by atoms with E-state index in [-0.39, 0.29) is 4.90 Å². The van der Waals surface area contributed by atoms with E-state index in [1.807, 2.05) is 13.8 Å². The summed E-state index contributed by atoms with van der Waals surface area (Å²) in [5, 5.41) is 3.00. The van der Waals surface area contributed by atoms with Gasteiger partial charge in [-0.2, -0.15) is 0 Å². The van der Waals surface area contributed by atoms with Crippen LogP contribution in [0.2, 0.25) is 0 Å². The molecule has 0 aliphatic heterocycles. The van der Waals surface area contributed by atoms with E-state index in [0.29, 0.717) is 29.5 Å². The average Bonchev–Trinajstić information content (AvgIpc) is 3.06. The topological polar surface area (TPSA) is 71.3 Å². The molecule has 20 heavy (non-hydrogen) atoms. The lowest BCUT2D eigenvalue weighted by atomic mass is 10.0. The van der Waals surface area contributed by atoms with Gasteiger partial charge in [0.1, 0.15) is 16.4 Å². The molecule has 1 heterocycles. The van der Waals surface area contributed by atoms with Gasteiger partial charge >= 0.3 is 0 Å². The van der Waals surface area contributed by atoms with Crippen LogP contribution in [0.5, 0.6) is 0 Å². The van der Waals surface area contributed by atoms with E-state index < -0.39 is 15.6 Å². The Bertz CT molecular complexity index is 598. The highest BCUT2D eigenvalue weighted by Gasteiger charge is 2.41. The summed E-state index contributed by atoms with van der Waals surface area (Å²) in [6.45, 7) is 7.86. The Balaban J connectivity index is 2.38. The van der Waals surface area contributed by atoms with Gasteiger partial charge in [0, 0.05) is 17.6 Å². The van der Waals surface area contributed by atoms with Gasteiger partial charge in [0.15, 0.2) is 0 Å². The van der Waals surface area contributed by atoms with E-state index in [1.165, 1.54) is 0 Å². The molecule has 0 aromatic carbocycles. The zero-order chi connectivity index (χ0) is 15.1. The molecule has 1 aliphatic carbocycles. The number of sulfonamides is 1. The van der Waals surface area contributed by atoms with Gasteiger partial charge in [0.05, 0.1) is 0 Å². The minimum atomic E-state index is -3.57. The summed E-state index contributed by atoms with van der Waals surface area (Å²) in [5.74, 6) is 1.53. The summed E-state index contributed by atoms with van der Waals surface area (Å²) < 4.78 is 33.8. The summed E-state index contributed by atoms with van der Waals surface area (Å²) in [6.07, 6.45) is 2.17. The van der Waals surface area contributed by atoms with E-state index >= 15 is 0 Å². The highest BCUT2D eigenvalue weighted by molar-refractivity contribution is 7.89. The number of rotatable bonds is 6.